The van der Waals surface area contributed by atoms with Crippen molar-refractivity contribution in [2.45, 2.75) is 39.0 Å². The second-order valence-electron chi connectivity index (χ2n) is 4.05. The van der Waals surface area contributed by atoms with Gasteiger partial charge in [0.2, 0.25) is 5.91 Å². The molecule has 1 amide bonds. The summed E-state index contributed by atoms with van der Waals surface area (Å²) in [6.07, 6.45) is 10.8. The van der Waals surface area contributed by atoms with E-state index < -0.39 is 0 Å². The van der Waals surface area contributed by atoms with Crippen molar-refractivity contribution in [3.05, 3.63) is 30.2 Å². The normalized spacial score (nSPS) is 10.9. The topological polar surface area (TPSA) is 42.2 Å². The quantitative estimate of drug-likeness (QED) is 0.554. The molecule has 0 aliphatic carbocycles. The molecule has 94 valence electrons. The van der Waals surface area contributed by atoms with E-state index >= 15 is 0 Å². The molecule has 3 nitrogen and oxygen atoms in total. The Morgan fingerprint density at radius 1 is 1.35 bits per heavy atom. The van der Waals surface area contributed by atoms with Crippen molar-refractivity contribution in [2.75, 3.05) is 6.54 Å². The van der Waals surface area contributed by atoms with Gasteiger partial charge in [0.05, 0.1) is 6.26 Å². The fourth-order valence-corrected chi connectivity index (χ4v) is 1.54. The standard InChI is InChI=1S/C14H21NO2/c1-2-3-4-5-6-11-15-14(16)10-9-13-8-7-12-17-13/h7-10,12H,2-6,11H2,1H3,(H,15,16)/b10-9+. The number of rotatable bonds is 8. The van der Waals surface area contributed by atoms with E-state index in [4.69, 9.17) is 4.42 Å². The number of carbonyl (C=O) groups excluding carboxylic acids is 1. The summed E-state index contributed by atoms with van der Waals surface area (Å²) in [4.78, 5) is 11.4. The molecule has 0 bridgehead atoms. The van der Waals surface area contributed by atoms with Crippen molar-refractivity contribution >= 4 is 12.0 Å². The SMILES string of the molecule is CCCCCCCNC(=O)/C=C/c1ccco1. The lowest BCUT2D eigenvalue weighted by molar-refractivity contribution is -0.116. The lowest BCUT2D eigenvalue weighted by Crippen LogP contribution is -2.21. The van der Waals surface area contributed by atoms with Crippen molar-refractivity contribution in [1.29, 1.82) is 0 Å². The van der Waals surface area contributed by atoms with Gasteiger partial charge in [0.15, 0.2) is 0 Å². The number of amides is 1. The highest BCUT2D eigenvalue weighted by Gasteiger charge is 1.95. The fourth-order valence-electron chi connectivity index (χ4n) is 1.54. The molecule has 0 radical (unpaired) electrons. The molecule has 1 heterocycles. The van der Waals surface area contributed by atoms with Gasteiger partial charge in [-0.15, -0.1) is 0 Å². The van der Waals surface area contributed by atoms with E-state index in [2.05, 4.69) is 12.2 Å². The van der Waals surface area contributed by atoms with Crippen LogP contribution in [0.2, 0.25) is 0 Å². The number of hydrogen-bond donors (Lipinski definition) is 1. The van der Waals surface area contributed by atoms with Gasteiger partial charge in [0, 0.05) is 12.6 Å². The predicted octanol–water partition coefficient (Wildman–Crippen LogP) is 3.38. The summed E-state index contributed by atoms with van der Waals surface area (Å²) in [5, 5.41) is 2.85. The molecule has 0 aromatic carbocycles. The van der Waals surface area contributed by atoms with E-state index in [1.54, 1.807) is 18.4 Å². The third-order valence-corrected chi connectivity index (χ3v) is 2.52. The maximum absolute atomic E-state index is 11.4. The van der Waals surface area contributed by atoms with Gasteiger partial charge >= 0.3 is 0 Å². The number of nitrogens with one attached hydrogen (secondary N) is 1. The molecule has 17 heavy (non-hydrogen) atoms. The molecule has 0 unspecified atom stereocenters. The number of unbranched alkanes of at least 4 members (excludes halogenated alkanes) is 4. The first-order valence-corrected chi connectivity index (χ1v) is 6.32. The average Bonchev–Trinajstić information content (AvgIpc) is 2.84. The smallest absolute Gasteiger partial charge is 0.244 e. The molecule has 1 aromatic rings. The van der Waals surface area contributed by atoms with Crippen LogP contribution in [-0.4, -0.2) is 12.5 Å². The largest absolute Gasteiger partial charge is 0.465 e. The van der Waals surface area contributed by atoms with Crippen LogP contribution in [0.1, 0.15) is 44.8 Å². The van der Waals surface area contributed by atoms with Crippen molar-refractivity contribution < 1.29 is 9.21 Å². The van der Waals surface area contributed by atoms with E-state index in [1.807, 2.05) is 6.07 Å². The first-order valence-electron chi connectivity index (χ1n) is 6.32. The van der Waals surface area contributed by atoms with Gasteiger partial charge in [-0.3, -0.25) is 4.79 Å². The van der Waals surface area contributed by atoms with Crippen molar-refractivity contribution in [3.8, 4) is 0 Å². The van der Waals surface area contributed by atoms with Gasteiger partial charge in [0.1, 0.15) is 5.76 Å². The van der Waals surface area contributed by atoms with Gasteiger partial charge in [0.25, 0.3) is 0 Å². The van der Waals surface area contributed by atoms with Crippen LogP contribution < -0.4 is 5.32 Å². The van der Waals surface area contributed by atoms with E-state index in [-0.39, 0.29) is 5.91 Å². The minimum atomic E-state index is -0.0584. The van der Waals surface area contributed by atoms with Crippen LogP contribution in [0.25, 0.3) is 6.08 Å². The van der Waals surface area contributed by atoms with Gasteiger partial charge in [-0.25, -0.2) is 0 Å². The summed E-state index contributed by atoms with van der Waals surface area (Å²) in [6.45, 7) is 2.95. The Labute approximate surface area is 103 Å². The Bertz CT molecular complexity index is 328. The first-order chi connectivity index (χ1) is 8.33. The second-order valence-corrected chi connectivity index (χ2v) is 4.05. The van der Waals surface area contributed by atoms with Crippen LogP contribution >= 0.6 is 0 Å². The van der Waals surface area contributed by atoms with Crippen molar-refractivity contribution in [3.63, 3.8) is 0 Å². The molecular formula is C14H21NO2. The fraction of sp³-hybridized carbons (Fsp3) is 0.500. The zero-order chi connectivity index (χ0) is 12.3. The van der Waals surface area contributed by atoms with Gasteiger partial charge < -0.3 is 9.73 Å². The highest BCUT2D eigenvalue weighted by molar-refractivity contribution is 5.91. The minimum Gasteiger partial charge on any atom is -0.465 e. The van der Waals surface area contributed by atoms with Crippen LogP contribution in [0.5, 0.6) is 0 Å². The van der Waals surface area contributed by atoms with Crippen LogP contribution in [0.3, 0.4) is 0 Å². The summed E-state index contributed by atoms with van der Waals surface area (Å²) in [6, 6.07) is 3.61. The van der Waals surface area contributed by atoms with E-state index in [1.165, 1.54) is 31.8 Å². The Balaban J connectivity index is 2.05. The molecule has 0 saturated carbocycles. The minimum absolute atomic E-state index is 0.0584. The van der Waals surface area contributed by atoms with E-state index in [0.717, 1.165) is 13.0 Å². The Morgan fingerprint density at radius 2 is 2.18 bits per heavy atom. The van der Waals surface area contributed by atoms with Gasteiger partial charge in [-0.2, -0.15) is 0 Å². The third kappa shape index (κ3) is 6.61. The Hall–Kier alpha value is -1.51. The van der Waals surface area contributed by atoms with Crippen LogP contribution in [0.4, 0.5) is 0 Å². The third-order valence-electron chi connectivity index (χ3n) is 2.52. The molecule has 3 heteroatoms. The lowest BCUT2D eigenvalue weighted by Gasteiger charge is -2.01. The monoisotopic (exact) mass is 235 g/mol. The molecule has 0 aliphatic heterocycles. The highest BCUT2D eigenvalue weighted by Crippen LogP contribution is 2.02. The molecule has 1 rings (SSSR count). The maximum atomic E-state index is 11.4. The summed E-state index contributed by atoms with van der Waals surface area (Å²) in [5.74, 6) is 0.639. The lowest BCUT2D eigenvalue weighted by atomic mass is 10.1. The summed E-state index contributed by atoms with van der Waals surface area (Å²) in [5.41, 5.74) is 0. The van der Waals surface area contributed by atoms with Crippen LogP contribution in [0, 0.1) is 0 Å². The molecule has 1 N–H and O–H groups in total. The molecule has 0 fully saturated rings. The van der Waals surface area contributed by atoms with Crippen molar-refractivity contribution in [2.24, 2.45) is 0 Å². The van der Waals surface area contributed by atoms with Crippen LogP contribution in [-0.2, 0) is 4.79 Å². The number of furan rings is 1. The zero-order valence-corrected chi connectivity index (χ0v) is 10.4. The number of carbonyl (C=O) groups is 1. The van der Waals surface area contributed by atoms with E-state index in [9.17, 15) is 4.79 Å². The second kappa shape index (κ2) is 8.62. The average molecular weight is 235 g/mol. The van der Waals surface area contributed by atoms with Crippen LogP contribution in [0.15, 0.2) is 28.9 Å². The summed E-state index contributed by atoms with van der Waals surface area (Å²) in [7, 11) is 0. The Morgan fingerprint density at radius 3 is 2.88 bits per heavy atom. The molecule has 0 atom stereocenters. The molecule has 0 aliphatic rings. The van der Waals surface area contributed by atoms with Crippen molar-refractivity contribution in [1.82, 2.24) is 5.32 Å². The maximum Gasteiger partial charge on any atom is 0.244 e. The Kier molecular flexibility index (Phi) is 6.87. The molecule has 0 spiro atoms. The molecular weight excluding hydrogens is 214 g/mol. The highest BCUT2D eigenvalue weighted by atomic mass is 16.3. The molecule has 1 aromatic heterocycles. The first kappa shape index (κ1) is 13.6. The molecule has 0 saturated heterocycles. The van der Waals surface area contributed by atoms with Gasteiger partial charge in [-0.1, -0.05) is 32.6 Å². The zero-order valence-electron chi connectivity index (χ0n) is 10.4. The summed E-state index contributed by atoms with van der Waals surface area (Å²) >= 11 is 0. The van der Waals surface area contributed by atoms with E-state index in [0.29, 0.717) is 5.76 Å². The summed E-state index contributed by atoms with van der Waals surface area (Å²) < 4.78 is 5.09. The predicted molar refractivity (Wildman–Crippen MR) is 69.5 cm³/mol. The van der Waals surface area contributed by atoms with Gasteiger partial charge in [-0.05, 0) is 24.6 Å². The number of hydrogen-bond acceptors (Lipinski definition) is 2.